The minimum absolute atomic E-state index is 0.189. The van der Waals surface area contributed by atoms with Crippen LogP contribution in [0.2, 0.25) is 0 Å². The summed E-state index contributed by atoms with van der Waals surface area (Å²) < 4.78 is 28.1. The van der Waals surface area contributed by atoms with Crippen LogP contribution < -0.4 is 4.72 Å². The molecule has 1 atom stereocenters. The number of sulfonamides is 1. The first-order valence-corrected chi connectivity index (χ1v) is 10.6. The van der Waals surface area contributed by atoms with E-state index in [-0.39, 0.29) is 10.9 Å². The number of carbonyl (C=O) groups is 1. The van der Waals surface area contributed by atoms with Gasteiger partial charge in [-0.05, 0) is 61.2 Å². The molecule has 1 unspecified atom stereocenters. The van der Waals surface area contributed by atoms with Gasteiger partial charge < -0.3 is 0 Å². The number of aldehydes is 1. The molecule has 4 rings (SSSR count). The number of hydrogen-bond acceptors (Lipinski definition) is 4. The molecule has 0 amide bonds. The molecule has 0 saturated carbocycles. The molecule has 1 aromatic heterocycles. The van der Waals surface area contributed by atoms with Gasteiger partial charge in [0.1, 0.15) is 0 Å². The van der Waals surface area contributed by atoms with E-state index in [4.69, 9.17) is 0 Å². The molecule has 28 heavy (non-hydrogen) atoms. The smallest absolute Gasteiger partial charge is 0.240 e. The van der Waals surface area contributed by atoms with E-state index in [1.54, 1.807) is 42.6 Å². The van der Waals surface area contributed by atoms with Crippen molar-refractivity contribution in [3.05, 3.63) is 83.0 Å². The van der Waals surface area contributed by atoms with Crippen LogP contribution in [0.15, 0.2) is 65.7 Å². The Morgan fingerprint density at radius 1 is 1.04 bits per heavy atom. The first kappa shape index (κ1) is 18.5. The topological polar surface area (TPSA) is 76.1 Å². The Morgan fingerprint density at radius 3 is 2.54 bits per heavy atom. The second kappa shape index (κ2) is 7.30. The molecule has 5 nitrogen and oxygen atoms in total. The number of benzene rings is 2. The summed E-state index contributed by atoms with van der Waals surface area (Å²) in [5.41, 5.74) is 5.26. The maximum atomic E-state index is 12.7. The van der Waals surface area contributed by atoms with Crippen molar-refractivity contribution >= 4 is 16.3 Å². The molecule has 0 bridgehead atoms. The van der Waals surface area contributed by atoms with Crippen molar-refractivity contribution in [2.45, 2.75) is 30.7 Å². The van der Waals surface area contributed by atoms with Crippen LogP contribution >= 0.6 is 0 Å². The van der Waals surface area contributed by atoms with Crippen LogP contribution in [0, 0.1) is 6.92 Å². The Kier molecular flexibility index (Phi) is 4.83. The van der Waals surface area contributed by atoms with Gasteiger partial charge in [-0.15, -0.1) is 0 Å². The third-order valence-corrected chi connectivity index (χ3v) is 6.57. The maximum absolute atomic E-state index is 12.7. The first-order valence-electron chi connectivity index (χ1n) is 9.07. The van der Waals surface area contributed by atoms with Crippen LogP contribution in [-0.2, 0) is 22.9 Å². The summed E-state index contributed by atoms with van der Waals surface area (Å²) in [5, 5.41) is 0. The van der Waals surface area contributed by atoms with E-state index in [9.17, 15) is 13.2 Å². The Hall–Kier alpha value is -2.83. The fourth-order valence-electron chi connectivity index (χ4n) is 3.61. The third kappa shape index (κ3) is 3.61. The molecule has 0 saturated heterocycles. The van der Waals surface area contributed by atoms with E-state index in [0.29, 0.717) is 24.1 Å². The van der Waals surface area contributed by atoms with Crippen molar-refractivity contribution in [1.29, 1.82) is 0 Å². The van der Waals surface area contributed by atoms with Gasteiger partial charge in [0, 0.05) is 23.4 Å². The second-order valence-electron chi connectivity index (χ2n) is 7.08. The third-order valence-electron chi connectivity index (χ3n) is 5.03. The van der Waals surface area contributed by atoms with Crippen molar-refractivity contribution in [1.82, 2.24) is 9.71 Å². The molecule has 1 heterocycles. The van der Waals surface area contributed by atoms with Crippen molar-refractivity contribution in [3.8, 4) is 11.3 Å². The number of pyridine rings is 1. The lowest BCUT2D eigenvalue weighted by Crippen LogP contribution is -2.35. The summed E-state index contributed by atoms with van der Waals surface area (Å²) in [4.78, 5) is 15.9. The van der Waals surface area contributed by atoms with Gasteiger partial charge in [-0.2, -0.15) is 0 Å². The summed E-state index contributed by atoms with van der Waals surface area (Å²) in [5.74, 6) is 0. The molecule has 2 aromatic carbocycles. The number of rotatable bonds is 5. The van der Waals surface area contributed by atoms with Gasteiger partial charge in [0.2, 0.25) is 10.0 Å². The zero-order valence-electron chi connectivity index (χ0n) is 15.4. The van der Waals surface area contributed by atoms with Crippen molar-refractivity contribution < 1.29 is 13.2 Å². The minimum Gasteiger partial charge on any atom is -0.298 e. The van der Waals surface area contributed by atoms with Gasteiger partial charge in [0.25, 0.3) is 0 Å². The van der Waals surface area contributed by atoms with Crippen LogP contribution in [-0.4, -0.2) is 25.7 Å². The number of nitrogens with one attached hydrogen (secondary N) is 1. The lowest BCUT2D eigenvalue weighted by atomic mass is 10.0. The zero-order valence-corrected chi connectivity index (χ0v) is 16.2. The van der Waals surface area contributed by atoms with Crippen molar-refractivity contribution in [3.63, 3.8) is 0 Å². The molecule has 142 valence electrons. The minimum atomic E-state index is -3.56. The van der Waals surface area contributed by atoms with E-state index in [1.165, 1.54) is 0 Å². The summed E-state index contributed by atoms with van der Waals surface area (Å²) >= 11 is 0. The van der Waals surface area contributed by atoms with Gasteiger partial charge in [0.15, 0.2) is 6.29 Å². The highest BCUT2D eigenvalue weighted by molar-refractivity contribution is 7.89. The predicted octanol–water partition coefficient (Wildman–Crippen LogP) is 3.32. The van der Waals surface area contributed by atoms with E-state index >= 15 is 0 Å². The lowest BCUT2D eigenvalue weighted by Gasteiger charge is -2.12. The molecular formula is C22H20N2O3S. The van der Waals surface area contributed by atoms with E-state index in [2.05, 4.69) is 9.71 Å². The quantitative estimate of drug-likeness (QED) is 0.676. The monoisotopic (exact) mass is 392 g/mol. The van der Waals surface area contributed by atoms with E-state index in [1.807, 2.05) is 25.1 Å². The Labute approximate surface area is 164 Å². The van der Waals surface area contributed by atoms with E-state index < -0.39 is 10.0 Å². The fourth-order valence-corrected chi connectivity index (χ4v) is 4.84. The van der Waals surface area contributed by atoms with Crippen molar-refractivity contribution in [2.75, 3.05) is 0 Å². The lowest BCUT2D eigenvalue weighted by molar-refractivity contribution is 0.112. The molecule has 1 N–H and O–H groups in total. The Morgan fingerprint density at radius 2 is 1.79 bits per heavy atom. The van der Waals surface area contributed by atoms with Gasteiger partial charge in [-0.25, -0.2) is 13.1 Å². The highest BCUT2D eigenvalue weighted by Crippen LogP contribution is 2.29. The largest absolute Gasteiger partial charge is 0.298 e. The SMILES string of the molecule is Cc1ccc(S(=O)(=O)NC2Cc3ccc(-c4ncccc4C=O)cc3C2)cc1. The Bertz CT molecular complexity index is 1140. The first-order chi connectivity index (χ1) is 13.5. The van der Waals surface area contributed by atoms with Crippen LogP contribution in [0.25, 0.3) is 11.3 Å². The molecule has 3 aromatic rings. The van der Waals surface area contributed by atoms with Crippen LogP contribution in [0.4, 0.5) is 0 Å². The molecule has 0 fully saturated rings. The van der Waals surface area contributed by atoms with Gasteiger partial charge in [0.05, 0.1) is 10.6 Å². The summed E-state index contributed by atoms with van der Waals surface area (Å²) in [6, 6.07) is 16.1. The second-order valence-corrected chi connectivity index (χ2v) is 8.80. The number of aryl methyl sites for hydroxylation is 1. The molecule has 0 spiro atoms. The fraction of sp³-hybridized carbons (Fsp3) is 0.182. The predicted molar refractivity (Wildman–Crippen MR) is 108 cm³/mol. The molecule has 0 radical (unpaired) electrons. The molecule has 0 aliphatic heterocycles. The number of fused-ring (bicyclic) bond motifs is 1. The highest BCUT2D eigenvalue weighted by atomic mass is 32.2. The average Bonchev–Trinajstić information content (AvgIpc) is 3.08. The molecule has 1 aliphatic carbocycles. The van der Waals surface area contributed by atoms with Crippen molar-refractivity contribution in [2.24, 2.45) is 0 Å². The number of aromatic nitrogens is 1. The van der Waals surface area contributed by atoms with E-state index in [0.717, 1.165) is 28.5 Å². The van der Waals surface area contributed by atoms with Gasteiger partial charge in [-0.1, -0.05) is 29.8 Å². The van der Waals surface area contributed by atoms with Gasteiger partial charge in [-0.3, -0.25) is 9.78 Å². The summed E-state index contributed by atoms with van der Waals surface area (Å²) in [6.45, 7) is 1.92. The number of hydrogen-bond donors (Lipinski definition) is 1. The standard InChI is InChI=1S/C22H20N2O3S/c1-15-4-8-21(9-5-15)28(26,27)24-20-12-16-6-7-17(11-19(16)13-20)22-18(14-25)3-2-10-23-22/h2-11,14,20,24H,12-13H2,1H3. The normalized spacial score (nSPS) is 16.0. The maximum Gasteiger partial charge on any atom is 0.240 e. The summed E-state index contributed by atoms with van der Waals surface area (Å²) in [7, 11) is -3.56. The zero-order chi connectivity index (χ0) is 19.7. The Balaban J connectivity index is 1.56. The average molecular weight is 392 g/mol. The number of nitrogens with zero attached hydrogens (tertiary/aromatic N) is 1. The van der Waals surface area contributed by atoms with Crippen LogP contribution in [0.1, 0.15) is 27.0 Å². The molecular weight excluding hydrogens is 372 g/mol. The summed E-state index contributed by atoms with van der Waals surface area (Å²) in [6.07, 6.45) is 3.71. The van der Waals surface area contributed by atoms with Crippen LogP contribution in [0.5, 0.6) is 0 Å². The highest BCUT2D eigenvalue weighted by Gasteiger charge is 2.27. The van der Waals surface area contributed by atoms with Crippen LogP contribution in [0.3, 0.4) is 0 Å². The van der Waals surface area contributed by atoms with Gasteiger partial charge >= 0.3 is 0 Å². The number of carbonyl (C=O) groups excluding carboxylic acids is 1. The molecule has 1 aliphatic rings. The molecule has 6 heteroatoms.